The lowest BCUT2D eigenvalue weighted by Crippen LogP contribution is -2.39. The summed E-state index contributed by atoms with van der Waals surface area (Å²) < 4.78 is 2.16. The lowest BCUT2D eigenvalue weighted by Gasteiger charge is -2.07. The molecule has 2 rings (SSSR count). The highest BCUT2D eigenvalue weighted by Gasteiger charge is 2.07. The number of hydrogen-bond acceptors (Lipinski definition) is 4. The van der Waals surface area contributed by atoms with Gasteiger partial charge in [-0.1, -0.05) is 30.3 Å². The zero-order valence-electron chi connectivity index (χ0n) is 10.3. The van der Waals surface area contributed by atoms with Crippen molar-refractivity contribution in [1.82, 2.24) is 14.3 Å². The highest BCUT2D eigenvalue weighted by atomic mass is 16.2. The van der Waals surface area contributed by atoms with E-state index >= 15 is 0 Å². The van der Waals surface area contributed by atoms with E-state index in [4.69, 9.17) is 0 Å². The number of rotatable bonds is 3. The molecule has 0 unspecified atom stereocenters. The quantitative estimate of drug-likeness (QED) is 0.833. The van der Waals surface area contributed by atoms with E-state index in [1.807, 2.05) is 30.3 Å². The fraction of sp³-hybridized carbons (Fsp3) is 0.250. The van der Waals surface area contributed by atoms with E-state index in [2.05, 4.69) is 10.4 Å². The van der Waals surface area contributed by atoms with Gasteiger partial charge in [-0.05, 0) is 5.56 Å². The van der Waals surface area contributed by atoms with Crippen LogP contribution >= 0.6 is 0 Å². The number of aromatic nitrogens is 3. The lowest BCUT2D eigenvalue weighted by molar-refractivity contribution is 0.604. The van der Waals surface area contributed by atoms with Gasteiger partial charge in [0.15, 0.2) is 0 Å². The Morgan fingerprint density at radius 3 is 2.50 bits per heavy atom. The maximum absolute atomic E-state index is 11.8. The van der Waals surface area contributed by atoms with Gasteiger partial charge in [-0.25, -0.2) is 9.48 Å². The summed E-state index contributed by atoms with van der Waals surface area (Å²) in [5.74, 6) is 0.170. The van der Waals surface area contributed by atoms with Gasteiger partial charge >= 0.3 is 5.69 Å². The third-order valence-electron chi connectivity index (χ3n) is 2.62. The Morgan fingerprint density at radius 1 is 1.17 bits per heavy atom. The van der Waals surface area contributed by atoms with Crippen LogP contribution < -0.4 is 16.6 Å². The summed E-state index contributed by atoms with van der Waals surface area (Å²) in [6.07, 6.45) is 0. The molecule has 0 atom stereocenters. The molecular weight excluding hydrogens is 232 g/mol. The van der Waals surface area contributed by atoms with Crippen molar-refractivity contribution < 1.29 is 0 Å². The molecular formula is C12H14N4O2. The normalized spacial score (nSPS) is 10.3. The van der Waals surface area contributed by atoms with E-state index in [1.54, 1.807) is 0 Å². The number of anilines is 1. The summed E-state index contributed by atoms with van der Waals surface area (Å²) in [6.45, 7) is 0.487. The monoisotopic (exact) mass is 246 g/mol. The van der Waals surface area contributed by atoms with E-state index in [9.17, 15) is 9.59 Å². The Kier molecular flexibility index (Phi) is 3.27. The first-order valence-electron chi connectivity index (χ1n) is 5.51. The zero-order chi connectivity index (χ0) is 13.1. The topological polar surface area (TPSA) is 68.9 Å². The van der Waals surface area contributed by atoms with Gasteiger partial charge in [0.25, 0.3) is 5.56 Å². The number of nitrogens with zero attached hydrogens (tertiary/aromatic N) is 3. The van der Waals surface area contributed by atoms with E-state index in [0.29, 0.717) is 6.54 Å². The van der Waals surface area contributed by atoms with Gasteiger partial charge in [0.1, 0.15) is 0 Å². The van der Waals surface area contributed by atoms with Crippen LogP contribution in [0, 0.1) is 0 Å². The second-order valence-electron chi connectivity index (χ2n) is 3.96. The van der Waals surface area contributed by atoms with Crippen LogP contribution in [-0.2, 0) is 20.6 Å². The van der Waals surface area contributed by atoms with Crippen LogP contribution in [0.25, 0.3) is 0 Å². The van der Waals surface area contributed by atoms with Crippen molar-refractivity contribution in [2.45, 2.75) is 6.54 Å². The number of aryl methyl sites for hydroxylation is 1. The van der Waals surface area contributed by atoms with Crippen LogP contribution in [0.1, 0.15) is 5.56 Å². The second-order valence-corrected chi connectivity index (χ2v) is 3.96. The van der Waals surface area contributed by atoms with Crippen LogP contribution in [0.15, 0.2) is 39.9 Å². The standard InChI is InChI=1S/C12H14N4O2/c1-15-11(17)10(14-16(2)12(15)18)13-8-9-6-4-3-5-7-9/h3-7H,8H2,1-2H3,(H,13,14). The largest absolute Gasteiger partial charge is 0.360 e. The van der Waals surface area contributed by atoms with Crippen molar-refractivity contribution in [3.8, 4) is 0 Å². The Bertz CT molecular complexity index is 658. The van der Waals surface area contributed by atoms with Gasteiger partial charge < -0.3 is 5.32 Å². The third kappa shape index (κ3) is 2.32. The number of benzene rings is 1. The summed E-state index contributed by atoms with van der Waals surface area (Å²) in [7, 11) is 2.94. The minimum atomic E-state index is -0.440. The summed E-state index contributed by atoms with van der Waals surface area (Å²) in [4.78, 5) is 23.2. The maximum Gasteiger partial charge on any atom is 0.346 e. The van der Waals surface area contributed by atoms with Gasteiger partial charge in [-0.2, -0.15) is 0 Å². The van der Waals surface area contributed by atoms with E-state index in [0.717, 1.165) is 14.8 Å². The minimum Gasteiger partial charge on any atom is -0.360 e. The Labute approximate surface area is 104 Å². The van der Waals surface area contributed by atoms with Crippen molar-refractivity contribution in [2.75, 3.05) is 5.32 Å². The first-order valence-corrected chi connectivity index (χ1v) is 5.51. The van der Waals surface area contributed by atoms with Crippen molar-refractivity contribution >= 4 is 5.82 Å². The average molecular weight is 246 g/mol. The van der Waals surface area contributed by atoms with Crippen molar-refractivity contribution in [3.63, 3.8) is 0 Å². The molecule has 1 heterocycles. The average Bonchev–Trinajstić information content (AvgIpc) is 2.40. The summed E-state index contributed by atoms with van der Waals surface area (Å²) in [6, 6.07) is 9.65. The molecule has 1 aromatic carbocycles. The highest BCUT2D eigenvalue weighted by molar-refractivity contribution is 5.31. The third-order valence-corrected chi connectivity index (χ3v) is 2.62. The highest BCUT2D eigenvalue weighted by Crippen LogP contribution is 2.00. The zero-order valence-corrected chi connectivity index (χ0v) is 10.3. The van der Waals surface area contributed by atoms with Crippen LogP contribution in [-0.4, -0.2) is 14.3 Å². The molecule has 0 radical (unpaired) electrons. The predicted octanol–water partition coefficient (Wildman–Crippen LogP) is 0.0911. The van der Waals surface area contributed by atoms with E-state index in [1.165, 1.54) is 14.1 Å². The van der Waals surface area contributed by atoms with Crippen LogP contribution in [0.3, 0.4) is 0 Å². The SMILES string of the molecule is Cn1nc(NCc2ccccc2)c(=O)n(C)c1=O. The second kappa shape index (κ2) is 4.87. The maximum atomic E-state index is 11.8. The molecule has 0 bridgehead atoms. The predicted molar refractivity (Wildman–Crippen MR) is 68.5 cm³/mol. The van der Waals surface area contributed by atoms with Crippen molar-refractivity contribution in [1.29, 1.82) is 0 Å². The van der Waals surface area contributed by atoms with E-state index < -0.39 is 11.2 Å². The van der Waals surface area contributed by atoms with Gasteiger partial charge in [-0.3, -0.25) is 9.36 Å². The van der Waals surface area contributed by atoms with E-state index in [-0.39, 0.29) is 5.82 Å². The molecule has 18 heavy (non-hydrogen) atoms. The molecule has 0 aliphatic rings. The van der Waals surface area contributed by atoms with Gasteiger partial charge in [0, 0.05) is 20.6 Å². The van der Waals surface area contributed by atoms with Gasteiger partial charge in [0.2, 0.25) is 5.82 Å². The molecule has 0 saturated heterocycles. The Morgan fingerprint density at radius 2 is 1.83 bits per heavy atom. The molecule has 0 saturated carbocycles. The minimum absolute atomic E-state index is 0.170. The number of nitrogens with one attached hydrogen (secondary N) is 1. The summed E-state index contributed by atoms with van der Waals surface area (Å²) in [5.41, 5.74) is 0.175. The molecule has 6 nitrogen and oxygen atoms in total. The van der Waals surface area contributed by atoms with Crippen LogP contribution in [0.5, 0.6) is 0 Å². The van der Waals surface area contributed by atoms with Crippen molar-refractivity contribution in [2.24, 2.45) is 14.1 Å². The van der Waals surface area contributed by atoms with Crippen molar-refractivity contribution in [3.05, 3.63) is 56.7 Å². The summed E-state index contributed by atoms with van der Waals surface area (Å²) in [5, 5.41) is 6.84. The lowest BCUT2D eigenvalue weighted by atomic mass is 10.2. The first kappa shape index (κ1) is 12.1. The Balaban J connectivity index is 2.26. The van der Waals surface area contributed by atoms with Crippen LogP contribution in [0.4, 0.5) is 5.82 Å². The van der Waals surface area contributed by atoms with Gasteiger partial charge in [0.05, 0.1) is 0 Å². The molecule has 0 spiro atoms. The Hall–Kier alpha value is -2.37. The van der Waals surface area contributed by atoms with Gasteiger partial charge in [-0.15, -0.1) is 5.10 Å². The molecule has 0 aliphatic carbocycles. The molecule has 1 aromatic heterocycles. The molecule has 2 aromatic rings. The fourth-order valence-electron chi connectivity index (χ4n) is 1.59. The molecule has 0 fully saturated rings. The van der Waals surface area contributed by atoms with Crippen LogP contribution in [0.2, 0.25) is 0 Å². The molecule has 94 valence electrons. The first-order chi connectivity index (χ1) is 8.59. The smallest absolute Gasteiger partial charge is 0.346 e. The molecule has 0 aliphatic heterocycles. The summed E-state index contributed by atoms with van der Waals surface area (Å²) >= 11 is 0. The molecule has 0 amide bonds. The molecule has 6 heteroatoms. The number of hydrogen-bond donors (Lipinski definition) is 1. The molecule has 1 N–H and O–H groups in total. The fourth-order valence-corrected chi connectivity index (χ4v) is 1.59.